The summed E-state index contributed by atoms with van der Waals surface area (Å²) in [5.41, 5.74) is 0.836. The molecular formula is C22H18ClN3O5S. The molecule has 0 atom stereocenters. The van der Waals surface area contributed by atoms with Crippen LogP contribution < -0.4 is 10.6 Å². The van der Waals surface area contributed by atoms with Gasteiger partial charge < -0.3 is 15.4 Å². The average molecular weight is 472 g/mol. The largest absolute Gasteiger partial charge is 0.375 e. The maximum atomic E-state index is 13.0. The van der Waals surface area contributed by atoms with Gasteiger partial charge in [0.1, 0.15) is 6.61 Å². The Morgan fingerprint density at radius 2 is 1.72 bits per heavy atom. The zero-order chi connectivity index (χ0) is 23.1. The van der Waals surface area contributed by atoms with Gasteiger partial charge in [0.05, 0.1) is 10.5 Å². The summed E-state index contributed by atoms with van der Waals surface area (Å²) in [6.45, 7) is -0.102. The highest BCUT2D eigenvalue weighted by atomic mass is 35.5. The van der Waals surface area contributed by atoms with Gasteiger partial charge in [0.2, 0.25) is 5.91 Å². The van der Waals surface area contributed by atoms with Crippen molar-refractivity contribution in [3.63, 3.8) is 0 Å². The number of carbonyl (C=O) groups is 2. The third-order valence-electron chi connectivity index (χ3n) is 4.14. The number of nitro groups is 1. The van der Waals surface area contributed by atoms with E-state index in [4.69, 9.17) is 16.3 Å². The van der Waals surface area contributed by atoms with Crippen LogP contribution in [0.15, 0.2) is 76.5 Å². The molecule has 8 nitrogen and oxygen atoms in total. The van der Waals surface area contributed by atoms with Gasteiger partial charge in [-0.2, -0.15) is 0 Å². The maximum Gasteiger partial charge on any atom is 0.270 e. The first kappa shape index (κ1) is 23.3. The summed E-state index contributed by atoms with van der Waals surface area (Å²) in [6.07, 6.45) is 0. The lowest BCUT2D eigenvalue weighted by atomic mass is 10.1. The van der Waals surface area contributed by atoms with E-state index in [2.05, 4.69) is 10.6 Å². The second-order valence-corrected chi connectivity index (χ2v) is 8.06. The lowest BCUT2D eigenvalue weighted by Crippen LogP contribution is -2.17. The molecule has 0 aliphatic carbocycles. The van der Waals surface area contributed by atoms with Crippen molar-refractivity contribution < 1.29 is 19.2 Å². The number of halogens is 1. The number of hydrogen-bond donors (Lipinski definition) is 2. The van der Waals surface area contributed by atoms with E-state index in [-0.39, 0.29) is 23.8 Å². The number of anilines is 2. The Kier molecular flexibility index (Phi) is 7.82. The van der Waals surface area contributed by atoms with E-state index < -0.39 is 10.8 Å². The summed E-state index contributed by atoms with van der Waals surface area (Å²) in [7, 11) is 1.41. The third kappa shape index (κ3) is 6.30. The predicted molar refractivity (Wildman–Crippen MR) is 124 cm³/mol. The van der Waals surface area contributed by atoms with E-state index in [0.29, 0.717) is 21.3 Å². The SMILES string of the molecule is COCC(=O)Nc1cccc(NC(=O)c2cc([N+](=O)[O-])ccc2Sc2ccc(Cl)cc2)c1. The highest BCUT2D eigenvalue weighted by molar-refractivity contribution is 7.99. The van der Waals surface area contributed by atoms with Crippen LogP contribution in [-0.2, 0) is 9.53 Å². The summed E-state index contributed by atoms with van der Waals surface area (Å²) >= 11 is 7.21. The van der Waals surface area contributed by atoms with E-state index in [0.717, 1.165) is 4.90 Å². The van der Waals surface area contributed by atoms with E-state index in [1.165, 1.54) is 37.1 Å². The van der Waals surface area contributed by atoms with Gasteiger partial charge in [0.25, 0.3) is 11.6 Å². The van der Waals surface area contributed by atoms with Crippen LogP contribution in [0.5, 0.6) is 0 Å². The zero-order valence-corrected chi connectivity index (χ0v) is 18.4. The number of benzene rings is 3. The minimum atomic E-state index is -0.556. The number of amides is 2. The number of methoxy groups -OCH3 is 1. The molecule has 0 fully saturated rings. The Hall–Kier alpha value is -3.40. The molecule has 0 aromatic heterocycles. The van der Waals surface area contributed by atoms with E-state index in [1.807, 2.05) is 0 Å². The van der Waals surface area contributed by atoms with E-state index >= 15 is 0 Å². The standard InChI is InChI=1S/C22H18ClN3O5S/c1-31-13-21(27)24-15-3-2-4-16(11-15)25-22(28)19-12-17(26(29)30)7-10-20(19)32-18-8-5-14(23)6-9-18/h2-12H,13H2,1H3,(H,24,27)(H,25,28). The summed E-state index contributed by atoms with van der Waals surface area (Å²) in [4.78, 5) is 36.8. The first-order valence-corrected chi connectivity index (χ1v) is 10.5. The first-order valence-electron chi connectivity index (χ1n) is 9.28. The van der Waals surface area contributed by atoms with Gasteiger partial charge in [-0.1, -0.05) is 29.4 Å². The molecule has 3 aromatic rings. The van der Waals surface area contributed by atoms with Crippen molar-refractivity contribution in [2.24, 2.45) is 0 Å². The number of nitrogens with zero attached hydrogens (tertiary/aromatic N) is 1. The number of hydrogen-bond acceptors (Lipinski definition) is 6. The molecule has 2 amide bonds. The van der Waals surface area contributed by atoms with Gasteiger partial charge >= 0.3 is 0 Å². The first-order chi connectivity index (χ1) is 15.4. The van der Waals surface area contributed by atoms with Gasteiger partial charge in [0.15, 0.2) is 0 Å². The van der Waals surface area contributed by atoms with Gasteiger partial charge in [-0.15, -0.1) is 0 Å². The normalized spacial score (nSPS) is 10.4. The van der Waals surface area contributed by atoms with Crippen molar-refractivity contribution in [1.82, 2.24) is 0 Å². The monoisotopic (exact) mass is 471 g/mol. The minimum Gasteiger partial charge on any atom is -0.375 e. The maximum absolute atomic E-state index is 13.0. The van der Waals surface area contributed by atoms with Gasteiger partial charge in [-0.25, -0.2) is 0 Å². The van der Waals surface area contributed by atoms with Crippen LogP contribution >= 0.6 is 23.4 Å². The van der Waals surface area contributed by atoms with Gasteiger partial charge in [0, 0.05) is 45.4 Å². The molecule has 0 heterocycles. The summed E-state index contributed by atoms with van der Waals surface area (Å²) in [6, 6.07) is 17.7. The second kappa shape index (κ2) is 10.8. The second-order valence-electron chi connectivity index (χ2n) is 6.51. The van der Waals surface area contributed by atoms with Gasteiger partial charge in [-0.3, -0.25) is 19.7 Å². The van der Waals surface area contributed by atoms with Crippen molar-refractivity contribution in [3.05, 3.63) is 87.4 Å². The van der Waals surface area contributed by atoms with Crippen LogP contribution in [0.2, 0.25) is 5.02 Å². The Balaban J connectivity index is 1.86. The molecule has 0 spiro atoms. The van der Waals surface area contributed by atoms with Crippen molar-refractivity contribution >= 4 is 52.2 Å². The molecule has 0 saturated carbocycles. The molecule has 0 aliphatic heterocycles. The molecule has 2 N–H and O–H groups in total. The molecule has 0 bridgehead atoms. The minimum absolute atomic E-state index is 0.102. The van der Waals surface area contributed by atoms with E-state index in [1.54, 1.807) is 48.5 Å². The van der Waals surface area contributed by atoms with Crippen LogP contribution in [0.3, 0.4) is 0 Å². The summed E-state index contributed by atoms with van der Waals surface area (Å²) in [5, 5.41) is 17.2. The third-order valence-corrected chi connectivity index (χ3v) is 5.48. The smallest absolute Gasteiger partial charge is 0.270 e. The fourth-order valence-electron chi connectivity index (χ4n) is 2.73. The number of ether oxygens (including phenoxy) is 1. The van der Waals surface area contributed by atoms with Crippen molar-refractivity contribution in [2.45, 2.75) is 9.79 Å². The molecule has 0 unspecified atom stereocenters. The molecule has 10 heteroatoms. The quantitative estimate of drug-likeness (QED) is 0.343. The van der Waals surface area contributed by atoms with Crippen LogP contribution in [0.1, 0.15) is 10.4 Å². The molecular weight excluding hydrogens is 454 g/mol. The van der Waals surface area contributed by atoms with E-state index in [9.17, 15) is 19.7 Å². The molecule has 3 aromatic carbocycles. The Labute approximate surface area is 193 Å². The van der Waals surface area contributed by atoms with Crippen LogP contribution in [0, 0.1) is 10.1 Å². The van der Waals surface area contributed by atoms with Gasteiger partial charge in [-0.05, 0) is 48.5 Å². The van der Waals surface area contributed by atoms with Crippen LogP contribution in [-0.4, -0.2) is 30.5 Å². The molecule has 0 aliphatic rings. The zero-order valence-electron chi connectivity index (χ0n) is 16.8. The molecule has 32 heavy (non-hydrogen) atoms. The number of nitrogens with one attached hydrogen (secondary N) is 2. The Morgan fingerprint density at radius 3 is 2.38 bits per heavy atom. The lowest BCUT2D eigenvalue weighted by molar-refractivity contribution is -0.384. The fraction of sp³-hybridized carbons (Fsp3) is 0.0909. The topological polar surface area (TPSA) is 111 Å². The lowest BCUT2D eigenvalue weighted by Gasteiger charge is -2.11. The average Bonchev–Trinajstić information content (AvgIpc) is 2.75. The number of nitro benzene ring substituents is 1. The van der Waals surface area contributed by atoms with Crippen molar-refractivity contribution in [2.75, 3.05) is 24.4 Å². The predicted octanol–water partition coefficient (Wildman–Crippen LogP) is 5.24. The van der Waals surface area contributed by atoms with Crippen LogP contribution in [0.4, 0.5) is 17.1 Å². The highest BCUT2D eigenvalue weighted by Crippen LogP contribution is 2.33. The molecule has 164 valence electrons. The fourth-order valence-corrected chi connectivity index (χ4v) is 3.78. The summed E-state index contributed by atoms with van der Waals surface area (Å²) in [5.74, 6) is -0.859. The number of carbonyl (C=O) groups excluding carboxylic acids is 2. The molecule has 3 rings (SSSR count). The Bertz CT molecular complexity index is 1150. The Morgan fingerprint density at radius 1 is 1.03 bits per heavy atom. The van der Waals surface area contributed by atoms with Crippen LogP contribution in [0.25, 0.3) is 0 Å². The van der Waals surface area contributed by atoms with Crippen molar-refractivity contribution in [3.8, 4) is 0 Å². The number of rotatable bonds is 8. The molecule has 0 radical (unpaired) electrons. The summed E-state index contributed by atoms with van der Waals surface area (Å²) < 4.78 is 4.78. The number of non-ortho nitro benzene ring substituents is 1. The van der Waals surface area contributed by atoms with Crippen molar-refractivity contribution in [1.29, 1.82) is 0 Å². The highest BCUT2D eigenvalue weighted by Gasteiger charge is 2.18. The molecule has 0 saturated heterocycles.